The number of hydrogen-bond acceptors (Lipinski definition) is 4. The van der Waals surface area contributed by atoms with Gasteiger partial charge in [-0.3, -0.25) is 10.1 Å². The third kappa shape index (κ3) is 3.76. The molecule has 0 unspecified atom stereocenters. The predicted octanol–water partition coefficient (Wildman–Crippen LogP) is 4.58. The molecule has 1 N–H and O–H groups in total. The molecule has 1 aromatic carbocycles. The third-order valence-electron chi connectivity index (χ3n) is 3.49. The minimum atomic E-state index is -0.441. The predicted molar refractivity (Wildman–Crippen MR) is 83.4 cm³/mol. The molecule has 1 rings (SSSR count). The highest BCUT2D eigenvalue weighted by Crippen LogP contribution is 2.35. The fourth-order valence-electron chi connectivity index (χ4n) is 1.96. The Labute approximate surface area is 123 Å². The second kappa shape index (κ2) is 7.01. The zero-order chi connectivity index (χ0) is 14.5. The van der Waals surface area contributed by atoms with E-state index in [0.717, 1.165) is 12.8 Å². The smallest absolute Gasteiger partial charge is 0.310 e. The lowest BCUT2D eigenvalue weighted by Gasteiger charge is -2.30. The van der Waals surface area contributed by atoms with Crippen molar-refractivity contribution in [1.82, 2.24) is 0 Å². The van der Waals surface area contributed by atoms with Crippen molar-refractivity contribution in [3.8, 4) is 0 Å². The Morgan fingerprint density at radius 3 is 2.53 bits per heavy atom. The summed E-state index contributed by atoms with van der Waals surface area (Å²) in [5, 5.41) is 14.4. The van der Waals surface area contributed by atoms with Crippen molar-refractivity contribution in [2.45, 2.75) is 31.4 Å². The van der Waals surface area contributed by atoms with Gasteiger partial charge in [-0.1, -0.05) is 31.5 Å². The zero-order valence-corrected chi connectivity index (χ0v) is 13.0. The SMILES string of the molecule is CCC(CC)(CNc1cccc(Cl)c1[N+](=O)[O-])SC. The molecule has 6 heteroatoms. The summed E-state index contributed by atoms with van der Waals surface area (Å²) in [7, 11) is 0. The Morgan fingerprint density at radius 1 is 1.42 bits per heavy atom. The van der Waals surface area contributed by atoms with E-state index in [4.69, 9.17) is 11.6 Å². The molecule has 1 aromatic rings. The molecular weight excluding hydrogens is 284 g/mol. The standard InChI is InChI=1S/C13H19ClN2O2S/c1-4-13(5-2,19-3)9-15-11-8-6-7-10(14)12(11)16(17)18/h6-8,15H,4-5,9H2,1-3H3. The molecule has 0 aliphatic heterocycles. The number of nitrogens with zero attached hydrogens (tertiary/aromatic N) is 1. The summed E-state index contributed by atoms with van der Waals surface area (Å²) >= 11 is 7.68. The highest BCUT2D eigenvalue weighted by molar-refractivity contribution is 8.00. The normalized spacial score (nSPS) is 11.4. The fraction of sp³-hybridized carbons (Fsp3) is 0.538. The second-order valence-electron chi connectivity index (χ2n) is 4.34. The van der Waals surface area contributed by atoms with E-state index in [1.165, 1.54) is 6.07 Å². The molecule has 0 amide bonds. The topological polar surface area (TPSA) is 55.2 Å². The van der Waals surface area contributed by atoms with Gasteiger partial charge in [-0.15, -0.1) is 0 Å². The van der Waals surface area contributed by atoms with Gasteiger partial charge in [0.1, 0.15) is 10.7 Å². The zero-order valence-electron chi connectivity index (χ0n) is 11.4. The first-order valence-corrected chi connectivity index (χ1v) is 7.82. The van der Waals surface area contributed by atoms with Crippen LogP contribution >= 0.6 is 23.4 Å². The minimum absolute atomic E-state index is 0.0497. The van der Waals surface area contributed by atoms with Crippen LogP contribution in [0.25, 0.3) is 0 Å². The van der Waals surface area contributed by atoms with E-state index in [0.29, 0.717) is 12.2 Å². The van der Waals surface area contributed by atoms with E-state index in [-0.39, 0.29) is 15.5 Å². The number of anilines is 1. The lowest BCUT2D eigenvalue weighted by Crippen LogP contribution is -2.32. The quantitative estimate of drug-likeness (QED) is 0.591. The van der Waals surface area contributed by atoms with Gasteiger partial charge in [-0.05, 0) is 31.2 Å². The van der Waals surface area contributed by atoms with E-state index < -0.39 is 4.92 Å². The van der Waals surface area contributed by atoms with Crippen LogP contribution < -0.4 is 5.32 Å². The van der Waals surface area contributed by atoms with Gasteiger partial charge in [0, 0.05) is 11.3 Å². The lowest BCUT2D eigenvalue weighted by atomic mass is 10.0. The third-order valence-corrected chi connectivity index (χ3v) is 5.38. The van der Waals surface area contributed by atoms with Crippen LogP contribution in [0.1, 0.15) is 26.7 Å². The van der Waals surface area contributed by atoms with Crippen molar-refractivity contribution in [2.24, 2.45) is 0 Å². The molecule has 0 aliphatic rings. The maximum Gasteiger partial charge on any atom is 0.310 e. The number of para-hydroxylation sites is 1. The number of benzene rings is 1. The highest BCUT2D eigenvalue weighted by Gasteiger charge is 2.26. The molecule has 106 valence electrons. The Bertz CT molecular complexity index is 442. The largest absolute Gasteiger partial charge is 0.378 e. The van der Waals surface area contributed by atoms with Gasteiger partial charge in [0.15, 0.2) is 0 Å². The number of hydrogen-bond donors (Lipinski definition) is 1. The van der Waals surface area contributed by atoms with Crippen LogP contribution in [0.15, 0.2) is 18.2 Å². The average molecular weight is 303 g/mol. The molecule has 0 spiro atoms. The minimum Gasteiger partial charge on any atom is -0.378 e. The van der Waals surface area contributed by atoms with Crippen molar-refractivity contribution >= 4 is 34.7 Å². The van der Waals surface area contributed by atoms with Crippen LogP contribution in [0.3, 0.4) is 0 Å². The van der Waals surface area contributed by atoms with Gasteiger partial charge in [-0.2, -0.15) is 11.8 Å². The fourth-order valence-corrected chi connectivity index (χ4v) is 3.00. The van der Waals surface area contributed by atoms with E-state index >= 15 is 0 Å². The summed E-state index contributed by atoms with van der Waals surface area (Å²) in [5.41, 5.74) is 0.434. The van der Waals surface area contributed by atoms with E-state index in [1.807, 2.05) is 0 Å². The monoisotopic (exact) mass is 302 g/mol. The maximum atomic E-state index is 11.1. The highest BCUT2D eigenvalue weighted by atomic mass is 35.5. The molecule has 0 aliphatic carbocycles. The number of halogens is 1. The first-order chi connectivity index (χ1) is 8.99. The van der Waals surface area contributed by atoms with Crippen molar-refractivity contribution < 1.29 is 4.92 Å². The van der Waals surface area contributed by atoms with Crippen LogP contribution in [0.5, 0.6) is 0 Å². The Hall–Kier alpha value is -0.940. The van der Waals surface area contributed by atoms with Crippen LogP contribution in [0.4, 0.5) is 11.4 Å². The molecule has 0 atom stereocenters. The van der Waals surface area contributed by atoms with Crippen molar-refractivity contribution in [1.29, 1.82) is 0 Å². The van der Waals surface area contributed by atoms with Crippen molar-refractivity contribution in [2.75, 3.05) is 18.1 Å². The number of rotatable bonds is 7. The summed E-state index contributed by atoms with van der Waals surface area (Å²) in [6.45, 7) is 4.95. The van der Waals surface area contributed by atoms with Crippen LogP contribution in [0, 0.1) is 10.1 Å². The van der Waals surface area contributed by atoms with Gasteiger partial charge >= 0.3 is 5.69 Å². The number of nitro benzene ring substituents is 1. The van der Waals surface area contributed by atoms with E-state index in [9.17, 15) is 10.1 Å². The first-order valence-electron chi connectivity index (χ1n) is 6.21. The number of thioether (sulfide) groups is 1. The molecule has 0 saturated carbocycles. The van der Waals surface area contributed by atoms with Crippen LogP contribution in [-0.2, 0) is 0 Å². The lowest BCUT2D eigenvalue weighted by molar-refractivity contribution is -0.383. The molecule has 19 heavy (non-hydrogen) atoms. The van der Waals surface area contributed by atoms with E-state index in [2.05, 4.69) is 25.4 Å². The van der Waals surface area contributed by atoms with Gasteiger partial charge in [-0.25, -0.2) is 0 Å². The molecule has 0 bridgehead atoms. The molecule has 0 radical (unpaired) electrons. The Morgan fingerprint density at radius 2 is 2.05 bits per heavy atom. The van der Waals surface area contributed by atoms with Gasteiger partial charge in [0.25, 0.3) is 0 Å². The summed E-state index contributed by atoms with van der Waals surface area (Å²) < 4.78 is 0.0934. The molecule has 0 aromatic heterocycles. The molecule has 0 saturated heterocycles. The summed E-state index contributed by atoms with van der Waals surface area (Å²) in [4.78, 5) is 10.6. The summed E-state index contributed by atoms with van der Waals surface area (Å²) in [5.74, 6) is 0. The summed E-state index contributed by atoms with van der Waals surface area (Å²) in [6.07, 6.45) is 4.08. The average Bonchev–Trinajstić information content (AvgIpc) is 2.40. The Balaban J connectivity index is 2.95. The maximum absolute atomic E-state index is 11.1. The van der Waals surface area contributed by atoms with E-state index in [1.54, 1.807) is 23.9 Å². The first kappa shape index (κ1) is 16.1. The molecule has 4 nitrogen and oxygen atoms in total. The van der Waals surface area contributed by atoms with Crippen LogP contribution in [-0.4, -0.2) is 22.5 Å². The Kier molecular flexibility index (Phi) is 5.94. The molecule has 0 fully saturated rings. The molecular formula is C13H19ClN2O2S. The van der Waals surface area contributed by atoms with Gasteiger partial charge in [0.05, 0.1) is 4.92 Å². The number of nitrogens with one attached hydrogen (secondary N) is 1. The summed E-state index contributed by atoms with van der Waals surface area (Å²) in [6, 6.07) is 4.95. The number of nitro groups is 1. The van der Waals surface area contributed by atoms with Gasteiger partial charge in [0.2, 0.25) is 0 Å². The van der Waals surface area contributed by atoms with Gasteiger partial charge < -0.3 is 5.32 Å². The van der Waals surface area contributed by atoms with Crippen molar-refractivity contribution in [3.63, 3.8) is 0 Å². The second-order valence-corrected chi connectivity index (χ2v) is 6.02. The van der Waals surface area contributed by atoms with Crippen molar-refractivity contribution in [3.05, 3.63) is 33.3 Å². The van der Waals surface area contributed by atoms with Crippen LogP contribution in [0.2, 0.25) is 5.02 Å². The molecule has 0 heterocycles.